The zero-order chi connectivity index (χ0) is 12.7. The summed E-state index contributed by atoms with van der Waals surface area (Å²) in [5.41, 5.74) is 0.924. The summed E-state index contributed by atoms with van der Waals surface area (Å²) in [5, 5.41) is 13.0. The van der Waals surface area contributed by atoms with Crippen LogP contribution in [-0.2, 0) is 0 Å². The van der Waals surface area contributed by atoms with E-state index in [0.717, 1.165) is 18.8 Å². The first-order valence-electron chi connectivity index (χ1n) is 7.31. The van der Waals surface area contributed by atoms with E-state index in [4.69, 9.17) is 5.11 Å². The highest BCUT2D eigenvalue weighted by Gasteiger charge is 2.59. The second kappa shape index (κ2) is 4.55. The highest BCUT2D eigenvalue weighted by Crippen LogP contribution is 2.62. The van der Waals surface area contributed by atoms with E-state index in [9.17, 15) is 0 Å². The van der Waals surface area contributed by atoms with E-state index in [1.54, 1.807) is 0 Å². The smallest absolute Gasteiger partial charge is 0.0445 e. The average molecular weight is 239 g/mol. The summed E-state index contributed by atoms with van der Waals surface area (Å²) in [6, 6.07) is 1.12. The normalized spacial score (nSPS) is 40.8. The Bertz CT molecular complexity index is 271. The average Bonchev–Trinajstić information content (AvgIpc) is 2.74. The highest BCUT2D eigenvalue weighted by molar-refractivity contribution is 5.12. The first-order valence-corrected chi connectivity index (χ1v) is 7.31. The molecule has 0 aliphatic heterocycles. The standard InChI is InChI=1S/C15H29NO/c1-5-12(7-9-17)16-13-14(2,3)11-6-8-15(13,4)10-11/h11-13,16-17H,5-10H2,1-4H3. The van der Waals surface area contributed by atoms with Gasteiger partial charge in [0, 0.05) is 18.7 Å². The minimum atomic E-state index is 0.304. The number of hydrogen-bond acceptors (Lipinski definition) is 2. The van der Waals surface area contributed by atoms with Gasteiger partial charge in [-0.25, -0.2) is 0 Å². The summed E-state index contributed by atoms with van der Waals surface area (Å²) < 4.78 is 0. The molecule has 0 aromatic heterocycles. The zero-order valence-corrected chi connectivity index (χ0v) is 11.9. The first kappa shape index (κ1) is 13.4. The monoisotopic (exact) mass is 239 g/mol. The minimum absolute atomic E-state index is 0.304. The van der Waals surface area contributed by atoms with E-state index < -0.39 is 0 Å². The third-order valence-corrected chi connectivity index (χ3v) is 5.64. The van der Waals surface area contributed by atoms with Crippen LogP contribution in [0.3, 0.4) is 0 Å². The second-order valence-electron chi connectivity index (χ2n) is 7.13. The lowest BCUT2D eigenvalue weighted by molar-refractivity contribution is 0.0929. The van der Waals surface area contributed by atoms with Crippen LogP contribution in [0.15, 0.2) is 0 Å². The largest absolute Gasteiger partial charge is 0.396 e. The molecular weight excluding hydrogens is 210 g/mol. The molecule has 0 heterocycles. The lowest BCUT2D eigenvalue weighted by Crippen LogP contribution is -2.53. The van der Waals surface area contributed by atoms with Crippen LogP contribution in [0.4, 0.5) is 0 Å². The molecule has 2 heteroatoms. The van der Waals surface area contributed by atoms with Crippen molar-refractivity contribution in [1.29, 1.82) is 0 Å². The number of nitrogens with one attached hydrogen (secondary N) is 1. The van der Waals surface area contributed by atoms with Gasteiger partial charge in [-0.15, -0.1) is 0 Å². The van der Waals surface area contributed by atoms with Crippen LogP contribution in [0.25, 0.3) is 0 Å². The summed E-state index contributed by atoms with van der Waals surface area (Å²) >= 11 is 0. The minimum Gasteiger partial charge on any atom is -0.396 e. The highest BCUT2D eigenvalue weighted by atomic mass is 16.3. The Morgan fingerprint density at radius 1 is 1.35 bits per heavy atom. The molecule has 0 amide bonds. The second-order valence-corrected chi connectivity index (χ2v) is 7.13. The van der Waals surface area contributed by atoms with Gasteiger partial charge in [-0.1, -0.05) is 27.7 Å². The van der Waals surface area contributed by atoms with Crippen molar-refractivity contribution in [1.82, 2.24) is 5.32 Å². The fourth-order valence-electron chi connectivity index (χ4n) is 4.51. The molecule has 4 unspecified atom stereocenters. The molecule has 2 saturated carbocycles. The van der Waals surface area contributed by atoms with Crippen molar-refractivity contribution in [3.05, 3.63) is 0 Å². The number of aliphatic hydroxyl groups excluding tert-OH is 1. The van der Waals surface area contributed by atoms with Crippen LogP contribution in [-0.4, -0.2) is 23.8 Å². The molecule has 0 aromatic rings. The van der Waals surface area contributed by atoms with Crippen LogP contribution >= 0.6 is 0 Å². The molecule has 17 heavy (non-hydrogen) atoms. The van der Waals surface area contributed by atoms with Crippen molar-refractivity contribution in [2.75, 3.05) is 6.61 Å². The Morgan fingerprint density at radius 2 is 2.06 bits per heavy atom. The molecule has 2 rings (SSSR count). The van der Waals surface area contributed by atoms with E-state index in [2.05, 4.69) is 33.0 Å². The summed E-state index contributed by atoms with van der Waals surface area (Å²) in [6.45, 7) is 9.86. The molecule has 2 bridgehead atoms. The van der Waals surface area contributed by atoms with Crippen LogP contribution < -0.4 is 5.32 Å². The van der Waals surface area contributed by atoms with Crippen LogP contribution in [0.5, 0.6) is 0 Å². The molecule has 2 aliphatic carbocycles. The molecule has 0 saturated heterocycles. The van der Waals surface area contributed by atoms with Crippen molar-refractivity contribution < 1.29 is 5.11 Å². The van der Waals surface area contributed by atoms with E-state index in [0.29, 0.717) is 29.5 Å². The predicted octanol–water partition coefficient (Wildman–Crippen LogP) is 2.95. The Morgan fingerprint density at radius 3 is 2.53 bits per heavy atom. The molecule has 2 aliphatic rings. The topological polar surface area (TPSA) is 32.3 Å². The zero-order valence-electron chi connectivity index (χ0n) is 11.9. The van der Waals surface area contributed by atoms with Gasteiger partial charge >= 0.3 is 0 Å². The van der Waals surface area contributed by atoms with E-state index >= 15 is 0 Å². The molecular formula is C15H29NO. The summed E-state index contributed by atoms with van der Waals surface area (Å²) in [7, 11) is 0. The lowest BCUT2D eigenvalue weighted by Gasteiger charge is -2.45. The number of fused-ring (bicyclic) bond motifs is 2. The quantitative estimate of drug-likeness (QED) is 0.773. The van der Waals surface area contributed by atoms with Gasteiger partial charge in [0.15, 0.2) is 0 Å². The first-order chi connectivity index (χ1) is 7.94. The number of hydrogen-bond donors (Lipinski definition) is 2. The third-order valence-electron chi connectivity index (χ3n) is 5.64. The van der Waals surface area contributed by atoms with Crippen molar-refractivity contribution in [2.24, 2.45) is 16.7 Å². The molecule has 0 spiro atoms. The molecule has 4 atom stereocenters. The van der Waals surface area contributed by atoms with Crippen molar-refractivity contribution in [3.63, 3.8) is 0 Å². The van der Waals surface area contributed by atoms with Crippen LogP contribution in [0, 0.1) is 16.7 Å². The summed E-state index contributed by atoms with van der Waals surface area (Å²) in [4.78, 5) is 0. The Kier molecular flexibility index (Phi) is 3.57. The fraction of sp³-hybridized carbons (Fsp3) is 1.00. The fourth-order valence-corrected chi connectivity index (χ4v) is 4.51. The van der Waals surface area contributed by atoms with Crippen molar-refractivity contribution >= 4 is 0 Å². The van der Waals surface area contributed by atoms with Crippen molar-refractivity contribution in [3.8, 4) is 0 Å². The predicted molar refractivity (Wildman–Crippen MR) is 71.9 cm³/mol. The molecule has 100 valence electrons. The molecule has 0 radical (unpaired) electrons. The Labute approximate surface area is 106 Å². The Balaban J connectivity index is 2.09. The van der Waals surface area contributed by atoms with Gasteiger partial charge in [0.05, 0.1) is 0 Å². The van der Waals surface area contributed by atoms with Crippen molar-refractivity contribution in [2.45, 2.75) is 71.9 Å². The van der Waals surface area contributed by atoms with Gasteiger partial charge < -0.3 is 10.4 Å². The van der Waals surface area contributed by atoms with E-state index in [1.807, 2.05) is 0 Å². The molecule has 0 aromatic carbocycles. The van der Waals surface area contributed by atoms with Gasteiger partial charge in [0.25, 0.3) is 0 Å². The summed E-state index contributed by atoms with van der Waals surface area (Å²) in [5.74, 6) is 0.900. The SMILES string of the molecule is CCC(CCO)NC1C2(C)CCC(C2)C1(C)C. The molecule has 2 fully saturated rings. The maximum Gasteiger partial charge on any atom is 0.0445 e. The van der Waals surface area contributed by atoms with Gasteiger partial charge in [-0.05, 0) is 48.9 Å². The van der Waals surface area contributed by atoms with E-state index in [1.165, 1.54) is 19.3 Å². The third kappa shape index (κ3) is 2.15. The molecule has 2 N–H and O–H groups in total. The maximum atomic E-state index is 9.13. The van der Waals surface area contributed by atoms with Gasteiger partial charge in [-0.3, -0.25) is 0 Å². The molecule has 2 nitrogen and oxygen atoms in total. The van der Waals surface area contributed by atoms with Gasteiger partial charge in [0.2, 0.25) is 0 Å². The maximum absolute atomic E-state index is 9.13. The van der Waals surface area contributed by atoms with Gasteiger partial charge in [-0.2, -0.15) is 0 Å². The Hall–Kier alpha value is -0.0800. The van der Waals surface area contributed by atoms with Crippen LogP contribution in [0.1, 0.15) is 59.8 Å². The van der Waals surface area contributed by atoms with Crippen LogP contribution in [0.2, 0.25) is 0 Å². The van der Waals surface area contributed by atoms with Gasteiger partial charge in [0.1, 0.15) is 0 Å². The lowest BCUT2D eigenvalue weighted by atomic mass is 9.68. The summed E-state index contributed by atoms with van der Waals surface area (Å²) in [6.07, 6.45) is 6.21. The van der Waals surface area contributed by atoms with E-state index in [-0.39, 0.29) is 0 Å². The number of rotatable bonds is 5. The number of aliphatic hydroxyl groups is 1.